The number of hydrogen-bond acceptors (Lipinski definition) is 3. The fraction of sp³-hybridized carbons (Fsp3) is 0.667. The van der Waals surface area contributed by atoms with Crippen molar-refractivity contribution in [2.75, 3.05) is 18.5 Å². The lowest BCUT2D eigenvalue weighted by Crippen LogP contribution is -2.32. The molecule has 0 aromatic carbocycles. The summed E-state index contributed by atoms with van der Waals surface area (Å²) >= 11 is 0. The Bertz CT molecular complexity index is 386. The van der Waals surface area contributed by atoms with Crippen LogP contribution >= 0.6 is 0 Å². The molecular formula is C15H24N2O. The Hall–Kier alpha value is -1.09. The van der Waals surface area contributed by atoms with Crippen LogP contribution in [-0.2, 0) is 10.2 Å². The summed E-state index contributed by atoms with van der Waals surface area (Å²) in [5, 5.41) is 3.37. The summed E-state index contributed by atoms with van der Waals surface area (Å²) in [7, 11) is 0. The van der Waals surface area contributed by atoms with Gasteiger partial charge in [0.05, 0.1) is 5.60 Å². The van der Waals surface area contributed by atoms with Crippen LogP contribution in [0.5, 0.6) is 0 Å². The molecule has 0 aliphatic carbocycles. The zero-order valence-corrected chi connectivity index (χ0v) is 11.9. The molecule has 1 unspecified atom stereocenters. The number of aromatic nitrogens is 1. The maximum atomic E-state index is 5.75. The molecule has 1 aromatic rings. The maximum Gasteiger partial charge on any atom is 0.125 e. The van der Waals surface area contributed by atoms with Crippen molar-refractivity contribution >= 4 is 5.82 Å². The van der Waals surface area contributed by atoms with Gasteiger partial charge in [-0.3, -0.25) is 0 Å². The quantitative estimate of drug-likeness (QED) is 0.890. The van der Waals surface area contributed by atoms with Crippen LogP contribution in [0.2, 0.25) is 0 Å². The molecule has 2 rings (SSSR count). The molecule has 0 spiro atoms. The number of pyridine rings is 1. The third-order valence-electron chi connectivity index (χ3n) is 3.57. The van der Waals surface area contributed by atoms with Crippen LogP contribution in [0.15, 0.2) is 18.3 Å². The van der Waals surface area contributed by atoms with Gasteiger partial charge in [-0.15, -0.1) is 0 Å². The third-order valence-corrected chi connectivity index (χ3v) is 3.57. The average Bonchev–Trinajstić information content (AvgIpc) is 2.74. The molecule has 1 fully saturated rings. The molecular weight excluding hydrogens is 224 g/mol. The Kier molecular flexibility index (Phi) is 3.62. The zero-order valence-electron chi connectivity index (χ0n) is 11.9. The van der Waals surface area contributed by atoms with Gasteiger partial charge in [0.15, 0.2) is 0 Å². The van der Waals surface area contributed by atoms with E-state index in [0.29, 0.717) is 0 Å². The van der Waals surface area contributed by atoms with Gasteiger partial charge in [-0.2, -0.15) is 0 Å². The Balaban J connectivity index is 1.94. The predicted molar refractivity (Wildman–Crippen MR) is 75.0 cm³/mol. The number of ether oxygens (including phenoxy) is 1. The van der Waals surface area contributed by atoms with Gasteiger partial charge in [0.1, 0.15) is 5.82 Å². The Labute approximate surface area is 110 Å². The van der Waals surface area contributed by atoms with Gasteiger partial charge in [0.25, 0.3) is 0 Å². The monoisotopic (exact) mass is 248 g/mol. The van der Waals surface area contributed by atoms with Crippen molar-refractivity contribution < 1.29 is 4.74 Å². The van der Waals surface area contributed by atoms with Crippen LogP contribution in [0.1, 0.15) is 46.1 Å². The van der Waals surface area contributed by atoms with E-state index >= 15 is 0 Å². The summed E-state index contributed by atoms with van der Waals surface area (Å²) in [5.74, 6) is 0.930. The van der Waals surface area contributed by atoms with E-state index in [-0.39, 0.29) is 11.0 Å². The molecule has 0 bridgehead atoms. The SMILES string of the molecule is CC1(CNc2ccc(C(C)(C)C)cn2)CCCO1. The molecule has 2 heterocycles. The largest absolute Gasteiger partial charge is 0.373 e. The zero-order chi connectivity index (χ0) is 13.2. The molecule has 0 radical (unpaired) electrons. The third kappa shape index (κ3) is 3.22. The molecule has 1 aliphatic rings. The first-order chi connectivity index (χ1) is 8.39. The van der Waals surface area contributed by atoms with E-state index in [1.807, 2.05) is 6.20 Å². The fourth-order valence-electron chi connectivity index (χ4n) is 2.20. The molecule has 1 N–H and O–H groups in total. The second kappa shape index (κ2) is 4.88. The van der Waals surface area contributed by atoms with E-state index in [2.05, 4.69) is 50.1 Å². The standard InChI is InChI=1S/C15H24N2O/c1-14(2,3)12-6-7-13(16-10-12)17-11-15(4)8-5-9-18-15/h6-7,10H,5,8-9,11H2,1-4H3,(H,16,17). The normalized spacial score (nSPS) is 24.2. The number of rotatable bonds is 3. The molecule has 18 heavy (non-hydrogen) atoms. The lowest BCUT2D eigenvalue weighted by atomic mass is 9.88. The van der Waals surface area contributed by atoms with E-state index in [4.69, 9.17) is 4.74 Å². The smallest absolute Gasteiger partial charge is 0.125 e. The molecule has 0 saturated carbocycles. The van der Waals surface area contributed by atoms with Crippen molar-refractivity contribution in [1.29, 1.82) is 0 Å². The number of nitrogens with one attached hydrogen (secondary N) is 1. The molecule has 100 valence electrons. The molecule has 1 saturated heterocycles. The highest BCUT2D eigenvalue weighted by Gasteiger charge is 2.29. The van der Waals surface area contributed by atoms with Crippen molar-refractivity contribution in [3.8, 4) is 0 Å². The lowest BCUT2D eigenvalue weighted by Gasteiger charge is -2.24. The van der Waals surface area contributed by atoms with E-state index in [9.17, 15) is 0 Å². The van der Waals surface area contributed by atoms with E-state index in [1.165, 1.54) is 5.56 Å². The van der Waals surface area contributed by atoms with Crippen LogP contribution in [0.4, 0.5) is 5.82 Å². The minimum Gasteiger partial charge on any atom is -0.373 e. The predicted octanol–water partition coefficient (Wildman–Crippen LogP) is 3.36. The van der Waals surface area contributed by atoms with Crippen molar-refractivity contribution in [2.45, 2.75) is 51.6 Å². The highest BCUT2D eigenvalue weighted by Crippen LogP contribution is 2.26. The van der Waals surface area contributed by atoms with Crippen molar-refractivity contribution in [3.05, 3.63) is 23.9 Å². The highest BCUT2D eigenvalue weighted by atomic mass is 16.5. The van der Waals surface area contributed by atoms with Gasteiger partial charge in [-0.05, 0) is 36.8 Å². The molecule has 1 aliphatic heterocycles. The van der Waals surface area contributed by atoms with E-state index in [0.717, 1.165) is 31.8 Å². The van der Waals surface area contributed by atoms with Gasteiger partial charge >= 0.3 is 0 Å². The highest BCUT2D eigenvalue weighted by molar-refractivity contribution is 5.37. The summed E-state index contributed by atoms with van der Waals surface area (Å²) in [6.07, 6.45) is 4.24. The molecule has 0 amide bonds. The first-order valence-corrected chi connectivity index (χ1v) is 6.73. The van der Waals surface area contributed by atoms with Crippen LogP contribution in [0, 0.1) is 0 Å². The second-order valence-electron chi connectivity index (χ2n) is 6.44. The first-order valence-electron chi connectivity index (χ1n) is 6.73. The summed E-state index contributed by atoms with van der Waals surface area (Å²) in [4.78, 5) is 4.47. The average molecular weight is 248 g/mol. The van der Waals surface area contributed by atoms with Crippen LogP contribution in [0.3, 0.4) is 0 Å². The van der Waals surface area contributed by atoms with Gasteiger partial charge < -0.3 is 10.1 Å². The fourth-order valence-corrected chi connectivity index (χ4v) is 2.20. The summed E-state index contributed by atoms with van der Waals surface area (Å²) in [6, 6.07) is 4.20. The van der Waals surface area contributed by atoms with Crippen LogP contribution in [0.25, 0.3) is 0 Å². The van der Waals surface area contributed by atoms with Gasteiger partial charge in [0, 0.05) is 19.3 Å². The van der Waals surface area contributed by atoms with Crippen LogP contribution in [-0.4, -0.2) is 23.7 Å². The summed E-state index contributed by atoms with van der Waals surface area (Å²) in [5.41, 5.74) is 1.40. The van der Waals surface area contributed by atoms with E-state index in [1.54, 1.807) is 0 Å². The Morgan fingerprint density at radius 2 is 2.17 bits per heavy atom. The number of nitrogens with zero attached hydrogens (tertiary/aromatic N) is 1. The minimum absolute atomic E-state index is 0.0234. The topological polar surface area (TPSA) is 34.2 Å². The minimum atomic E-state index is -0.0234. The lowest BCUT2D eigenvalue weighted by molar-refractivity contribution is 0.0315. The summed E-state index contributed by atoms with van der Waals surface area (Å²) < 4.78 is 5.75. The van der Waals surface area contributed by atoms with Gasteiger partial charge in [0.2, 0.25) is 0 Å². The molecule has 3 heteroatoms. The Morgan fingerprint density at radius 1 is 1.39 bits per heavy atom. The van der Waals surface area contributed by atoms with Crippen molar-refractivity contribution in [1.82, 2.24) is 4.98 Å². The number of hydrogen-bond donors (Lipinski definition) is 1. The first kappa shape index (κ1) is 13.3. The van der Waals surface area contributed by atoms with Crippen molar-refractivity contribution in [2.24, 2.45) is 0 Å². The Morgan fingerprint density at radius 3 is 2.67 bits per heavy atom. The molecule has 1 aromatic heterocycles. The molecule has 1 atom stereocenters. The van der Waals surface area contributed by atoms with Crippen LogP contribution < -0.4 is 5.32 Å². The maximum absolute atomic E-state index is 5.75. The van der Waals surface area contributed by atoms with Gasteiger partial charge in [-0.25, -0.2) is 4.98 Å². The van der Waals surface area contributed by atoms with Gasteiger partial charge in [-0.1, -0.05) is 26.8 Å². The molecule has 3 nitrogen and oxygen atoms in total. The van der Waals surface area contributed by atoms with E-state index < -0.39 is 0 Å². The summed E-state index contributed by atoms with van der Waals surface area (Å²) in [6.45, 7) is 10.5. The number of anilines is 1. The second-order valence-corrected chi connectivity index (χ2v) is 6.44. The van der Waals surface area contributed by atoms with Crippen molar-refractivity contribution in [3.63, 3.8) is 0 Å².